The molecule has 0 aromatic heterocycles. The first-order valence-electron chi connectivity index (χ1n) is 4.08. The number of aliphatic carboxylic acids is 2. The number of hydrogen-bond donors (Lipinski definition) is 2. The fourth-order valence-corrected chi connectivity index (χ4v) is 1.72. The molecule has 1 saturated carbocycles. The van der Waals surface area contributed by atoms with Crippen LogP contribution in [-0.2, 0) is 9.59 Å². The molecular weight excluding hydrogens is 206 g/mol. The maximum atomic E-state index is 10.6. The van der Waals surface area contributed by atoms with Crippen molar-refractivity contribution < 1.29 is 19.8 Å². The number of rotatable bonds is 2. The van der Waals surface area contributed by atoms with Crippen LogP contribution in [0.15, 0.2) is 0 Å². The van der Waals surface area contributed by atoms with Gasteiger partial charge in [-0.15, -0.1) is 0 Å². The molecule has 0 amide bonds. The Bertz CT molecular complexity index is 186. The topological polar surface area (TPSA) is 74.6 Å². The van der Waals surface area contributed by atoms with Crippen LogP contribution in [0.1, 0.15) is 25.7 Å². The molecule has 0 bridgehead atoms. The molecule has 72 valence electrons. The van der Waals surface area contributed by atoms with Gasteiger partial charge in [0.15, 0.2) is 0 Å². The van der Waals surface area contributed by atoms with Gasteiger partial charge in [0.25, 0.3) is 0 Å². The van der Waals surface area contributed by atoms with E-state index < -0.39 is 23.8 Å². The number of carbonyl (C=O) groups is 2. The van der Waals surface area contributed by atoms with Crippen LogP contribution in [0.5, 0.6) is 0 Å². The molecule has 0 aromatic rings. The minimum absolute atomic E-state index is 0. The Hall–Kier alpha value is 0.940. The summed E-state index contributed by atoms with van der Waals surface area (Å²) in [6.45, 7) is 0. The van der Waals surface area contributed by atoms with Crippen LogP contribution in [-0.4, -0.2) is 81.3 Å². The van der Waals surface area contributed by atoms with Crippen molar-refractivity contribution in [2.24, 2.45) is 11.8 Å². The summed E-state index contributed by atoms with van der Waals surface area (Å²) >= 11 is 0. The molecule has 1 aliphatic carbocycles. The molecule has 1 rings (SSSR count). The van der Waals surface area contributed by atoms with E-state index in [-0.39, 0.29) is 59.1 Å². The van der Waals surface area contributed by atoms with Gasteiger partial charge in [0.05, 0.1) is 11.8 Å². The van der Waals surface area contributed by atoms with E-state index in [1.165, 1.54) is 0 Å². The zero-order valence-corrected chi connectivity index (χ0v) is 6.69. The molecule has 0 heterocycles. The van der Waals surface area contributed by atoms with Gasteiger partial charge in [-0.2, -0.15) is 0 Å². The Morgan fingerprint density at radius 3 is 1.36 bits per heavy atom. The molecule has 4 nitrogen and oxygen atoms in total. The maximum absolute atomic E-state index is 10.6. The summed E-state index contributed by atoms with van der Waals surface area (Å²) in [6, 6.07) is 0. The zero-order chi connectivity index (χ0) is 9.14. The summed E-state index contributed by atoms with van der Waals surface area (Å²) in [5.41, 5.74) is 0. The van der Waals surface area contributed by atoms with Gasteiger partial charge in [0, 0.05) is 0 Å². The Morgan fingerprint density at radius 2 is 1.14 bits per heavy atom. The van der Waals surface area contributed by atoms with E-state index in [2.05, 4.69) is 0 Å². The van der Waals surface area contributed by atoms with Crippen molar-refractivity contribution in [3.8, 4) is 0 Å². The van der Waals surface area contributed by atoms with Gasteiger partial charge in [0.2, 0.25) is 0 Å². The van der Waals surface area contributed by atoms with E-state index in [4.69, 9.17) is 10.2 Å². The van der Waals surface area contributed by atoms with Crippen molar-refractivity contribution >= 4 is 71.1 Å². The van der Waals surface area contributed by atoms with Crippen molar-refractivity contribution in [2.45, 2.75) is 25.7 Å². The van der Waals surface area contributed by atoms with Crippen molar-refractivity contribution in [2.75, 3.05) is 0 Å². The predicted octanol–water partition coefficient (Wildman–Crippen LogP) is -0.335. The summed E-state index contributed by atoms with van der Waals surface area (Å²) < 4.78 is 0. The second-order valence-corrected chi connectivity index (χ2v) is 3.17. The summed E-state index contributed by atoms with van der Waals surface area (Å²) in [4.78, 5) is 21.2. The van der Waals surface area contributed by atoms with Crippen LogP contribution in [0.4, 0.5) is 0 Å². The minimum atomic E-state index is -0.970. The second-order valence-electron chi connectivity index (χ2n) is 3.17. The third kappa shape index (κ3) is 4.64. The normalized spacial score (nSPS) is 25.4. The summed E-state index contributed by atoms with van der Waals surface area (Å²) in [6.07, 6.45) is 2.68. The summed E-state index contributed by atoms with van der Waals surface area (Å²) in [5, 5.41) is 17.4. The van der Waals surface area contributed by atoms with Crippen LogP contribution in [0.25, 0.3) is 0 Å². The first kappa shape index (κ1) is 17.3. The van der Waals surface area contributed by atoms with Gasteiger partial charge in [-0.3, -0.25) is 9.59 Å². The molecule has 0 saturated heterocycles. The molecule has 0 radical (unpaired) electrons. The van der Waals surface area contributed by atoms with Gasteiger partial charge < -0.3 is 10.2 Å². The van der Waals surface area contributed by atoms with Crippen LogP contribution in [0, 0.1) is 11.8 Å². The van der Waals surface area contributed by atoms with E-state index in [1.54, 1.807) is 0 Å². The van der Waals surface area contributed by atoms with Gasteiger partial charge in [-0.05, 0) is 12.8 Å². The van der Waals surface area contributed by atoms with Crippen molar-refractivity contribution in [3.63, 3.8) is 0 Å². The van der Waals surface area contributed by atoms with E-state index in [0.717, 1.165) is 12.8 Å². The van der Waals surface area contributed by atoms with Gasteiger partial charge in [-0.25, -0.2) is 0 Å². The standard InChI is InChI=1S/C8H12O4.2Na.2H/c9-7(10)5-3-1-2-4-6(5)8(11)12;;;;/h5-6H,1-4H2,(H,9,10)(H,11,12);;;;. The third-order valence-corrected chi connectivity index (χ3v) is 2.40. The van der Waals surface area contributed by atoms with E-state index in [9.17, 15) is 9.59 Å². The Kier molecular flexibility index (Phi) is 10.1. The number of hydrogen-bond acceptors (Lipinski definition) is 2. The van der Waals surface area contributed by atoms with Crippen molar-refractivity contribution in [1.82, 2.24) is 0 Å². The molecular formula is C8H14Na2O4. The fraction of sp³-hybridized carbons (Fsp3) is 0.750. The summed E-state index contributed by atoms with van der Waals surface area (Å²) in [7, 11) is 0. The molecule has 2 unspecified atom stereocenters. The Labute approximate surface area is 127 Å². The second kappa shape index (κ2) is 8.13. The SMILES string of the molecule is O=C(O)C1CCCCC1C(=O)O.[NaH].[NaH]. The van der Waals surface area contributed by atoms with Gasteiger partial charge >= 0.3 is 71.1 Å². The van der Waals surface area contributed by atoms with Crippen LogP contribution in [0.2, 0.25) is 0 Å². The molecule has 2 atom stereocenters. The molecule has 2 N–H and O–H groups in total. The fourth-order valence-electron chi connectivity index (χ4n) is 1.72. The quantitative estimate of drug-likeness (QED) is 0.624. The van der Waals surface area contributed by atoms with E-state index in [1.807, 2.05) is 0 Å². The molecule has 14 heavy (non-hydrogen) atoms. The van der Waals surface area contributed by atoms with Crippen LogP contribution in [0.3, 0.4) is 0 Å². The van der Waals surface area contributed by atoms with Crippen LogP contribution < -0.4 is 0 Å². The first-order valence-corrected chi connectivity index (χ1v) is 4.08. The third-order valence-electron chi connectivity index (χ3n) is 2.40. The monoisotopic (exact) mass is 220 g/mol. The van der Waals surface area contributed by atoms with Gasteiger partial charge in [-0.1, -0.05) is 12.8 Å². The molecule has 1 fully saturated rings. The molecule has 1 aliphatic rings. The number of carboxylic acids is 2. The zero-order valence-electron chi connectivity index (χ0n) is 6.69. The van der Waals surface area contributed by atoms with Crippen LogP contribution >= 0.6 is 0 Å². The number of carboxylic acid groups (broad SMARTS) is 2. The first-order chi connectivity index (χ1) is 5.63. The Morgan fingerprint density at radius 1 is 0.857 bits per heavy atom. The van der Waals surface area contributed by atoms with Gasteiger partial charge in [0.1, 0.15) is 0 Å². The molecule has 6 heteroatoms. The average molecular weight is 220 g/mol. The Balaban J connectivity index is 0. The predicted molar refractivity (Wildman–Crippen MR) is 55.0 cm³/mol. The van der Waals surface area contributed by atoms with E-state index in [0.29, 0.717) is 12.8 Å². The van der Waals surface area contributed by atoms with Crippen molar-refractivity contribution in [3.05, 3.63) is 0 Å². The van der Waals surface area contributed by atoms with Crippen molar-refractivity contribution in [1.29, 1.82) is 0 Å². The summed E-state index contributed by atoms with van der Waals surface area (Å²) in [5.74, 6) is -3.28. The molecule has 0 spiro atoms. The molecule has 0 aliphatic heterocycles. The van der Waals surface area contributed by atoms with E-state index >= 15 is 0 Å². The average Bonchev–Trinajstić information content (AvgIpc) is 2.04. The molecule has 0 aromatic carbocycles.